The number of anilines is 1. The van der Waals surface area contributed by atoms with Crippen molar-refractivity contribution >= 4 is 23.1 Å². The molecule has 0 aliphatic heterocycles. The fourth-order valence-electron chi connectivity index (χ4n) is 4.71. The molecule has 2 heterocycles. The summed E-state index contributed by atoms with van der Waals surface area (Å²) in [6.07, 6.45) is 5.25. The van der Waals surface area contributed by atoms with E-state index in [1.165, 1.54) is 0 Å². The van der Waals surface area contributed by atoms with Crippen molar-refractivity contribution in [1.29, 1.82) is 0 Å². The third-order valence-corrected chi connectivity index (χ3v) is 8.12. The van der Waals surface area contributed by atoms with Gasteiger partial charge in [0.25, 0.3) is 0 Å². The first kappa shape index (κ1) is 23.2. The molecule has 1 saturated carbocycles. The Balaban J connectivity index is 1.17. The third kappa shape index (κ3) is 4.42. The van der Waals surface area contributed by atoms with Gasteiger partial charge in [-0.2, -0.15) is 5.10 Å². The van der Waals surface area contributed by atoms with Crippen LogP contribution in [0.15, 0.2) is 91.3 Å². The number of nitrogens with one attached hydrogen (secondary N) is 1. The minimum Gasteiger partial charge on any atom is -0.481 e. The molecule has 6 rings (SSSR count). The number of aromatic nitrogens is 3. The van der Waals surface area contributed by atoms with E-state index >= 15 is 0 Å². The van der Waals surface area contributed by atoms with Gasteiger partial charge in [-0.3, -0.25) is 9.48 Å². The first-order valence-corrected chi connectivity index (χ1v) is 13.1. The molecule has 0 atom stereocenters. The monoisotopic (exact) mass is 506 g/mol. The Bertz CT molecular complexity index is 1550. The number of thiazole rings is 1. The molecule has 0 unspecified atom stereocenters. The van der Waals surface area contributed by atoms with E-state index in [2.05, 4.69) is 51.8 Å². The number of hydrogen-bond donors (Lipinski definition) is 2. The minimum absolute atomic E-state index is 0.666. The van der Waals surface area contributed by atoms with Crippen LogP contribution >= 0.6 is 11.3 Å². The molecule has 2 N–H and O–H groups in total. The van der Waals surface area contributed by atoms with E-state index in [-0.39, 0.29) is 0 Å². The quantitative estimate of drug-likeness (QED) is 0.248. The Morgan fingerprint density at radius 2 is 1.57 bits per heavy atom. The van der Waals surface area contributed by atoms with E-state index in [1.54, 1.807) is 11.3 Å². The van der Waals surface area contributed by atoms with Crippen molar-refractivity contribution in [2.75, 3.05) is 5.32 Å². The van der Waals surface area contributed by atoms with Crippen LogP contribution in [0.1, 0.15) is 23.3 Å². The fourth-order valence-corrected chi connectivity index (χ4v) is 5.57. The van der Waals surface area contributed by atoms with Gasteiger partial charge in [-0.25, -0.2) is 4.98 Å². The molecule has 37 heavy (non-hydrogen) atoms. The highest BCUT2D eigenvalue weighted by atomic mass is 32.1. The maximum absolute atomic E-state index is 11.6. The second-order valence-electron chi connectivity index (χ2n) is 9.42. The van der Waals surface area contributed by atoms with Crippen LogP contribution in [0.25, 0.3) is 32.8 Å². The van der Waals surface area contributed by atoms with E-state index in [0.29, 0.717) is 6.54 Å². The van der Waals surface area contributed by atoms with Gasteiger partial charge in [0.15, 0.2) is 0 Å². The molecule has 0 radical (unpaired) electrons. The molecular formula is C30H26N4O2S. The smallest absolute Gasteiger partial charge is 0.314 e. The van der Waals surface area contributed by atoms with Gasteiger partial charge in [-0.1, -0.05) is 78.9 Å². The predicted molar refractivity (Wildman–Crippen MR) is 148 cm³/mol. The van der Waals surface area contributed by atoms with Crippen LogP contribution in [0.4, 0.5) is 5.82 Å². The molecule has 0 amide bonds. The number of rotatable bonds is 8. The van der Waals surface area contributed by atoms with Crippen LogP contribution in [0.2, 0.25) is 0 Å². The Morgan fingerprint density at radius 3 is 2.22 bits per heavy atom. The summed E-state index contributed by atoms with van der Waals surface area (Å²) < 4.78 is 1.86. The second-order valence-corrected chi connectivity index (χ2v) is 10.5. The molecule has 3 aromatic carbocycles. The molecule has 1 fully saturated rings. The number of benzene rings is 3. The van der Waals surface area contributed by atoms with Crippen molar-refractivity contribution in [2.24, 2.45) is 7.05 Å². The first-order valence-electron chi connectivity index (χ1n) is 12.2. The van der Waals surface area contributed by atoms with Crippen molar-refractivity contribution < 1.29 is 9.90 Å². The maximum Gasteiger partial charge on any atom is 0.314 e. The number of aliphatic carboxylic acids is 1. The number of aryl methyl sites for hydroxylation is 1. The van der Waals surface area contributed by atoms with Crippen LogP contribution in [0.5, 0.6) is 0 Å². The summed E-state index contributed by atoms with van der Waals surface area (Å²) in [6, 6.07) is 26.6. The van der Waals surface area contributed by atoms with E-state index in [9.17, 15) is 9.90 Å². The van der Waals surface area contributed by atoms with Crippen molar-refractivity contribution in [2.45, 2.75) is 24.8 Å². The van der Waals surface area contributed by atoms with Crippen LogP contribution in [0, 0.1) is 0 Å². The average molecular weight is 507 g/mol. The zero-order valence-electron chi connectivity index (χ0n) is 20.4. The molecule has 2 aromatic heterocycles. The zero-order valence-corrected chi connectivity index (χ0v) is 21.2. The second kappa shape index (κ2) is 9.33. The highest BCUT2D eigenvalue weighted by molar-refractivity contribution is 7.15. The lowest BCUT2D eigenvalue weighted by molar-refractivity contribution is -0.140. The molecule has 0 saturated heterocycles. The van der Waals surface area contributed by atoms with Crippen LogP contribution in [-0.2, 0) is 23.8 Å². The lowest BCUT2D eigenvalue weighted by Gasteiger charge is -2.12. The standard InChI is InChI=1S/C30H26N4O2S/c1-34-27(31-17-25-18-32-28(37-25)23-5-3-2-4-6-23)26(19-33-34)22-9-7-20(8-10-22)21-11-13-24(14-12-21)30(15-16-30)29(35)36/h2-14,18-19,31H,15-17H2,1H3,(H,35,36). The summed E-state index contributed by atoms with van der Waals surface area (Å²) in [5.41, 5.74) is 5.62. The number of carboxylic acid groups (broad SMARTS) is 1. The Kier molecular flexibility index (Phi) is 5.85. The van der Waals surface area contributed by atoms with E-state index < -0.39 is 11.4 Å². The minimum atomic E-state index is -0.725. The third-order valence-electron chi connectivity index (χ3n) is 7.07. The molecule has 5 aromatic rings. The first-order chi connectivity index (χ1) is 18.0. The molecule has 184 valence electrons. The molecule has 0 spiro atoms. The molecule has 1 aliphatic carbocycles. The van der Waals surface area contributed by atoms with Gasteiger partial charge in [-0.05, 0) is 35.1 Å². The van der Waals surface area contributed by atoms with Crippen molar-refractivity contribution in [3.63, 3.8) is 0 Å². The average Bonchev–Trinajstić information content (AvgIpc) is 3.49. The topological polar surface area (TPSA) is 80.0 Å². The number of carboxylic acids is 1. The molecule has 1 aliphatic rings. The van der Waals surface area contributed by atoms with Gasteiger partial charge < -0.3 is 10.4 Å². The summed E-state index contributed by atoms with van der Waals surface area (Å²) >= 11 is 1.69. The van der Waals surface area contributed by atoms with Gasteiger partial charge in [0.2, 0.25) is 0 Å². The largest absolute Gasteiger partial charge is 0.481 e. The maximum atomic E-state index is 11.6. The fraction of sp³-hybridized carbons (Fsp3) is 0.167. The van der Waals surface area contributed by atoms with Crippen LogP contribution in [0.3, 0.4) is 0 Å². The predicted octanol–water partition coefficient (Wildman–Crippen LogP) is 6.61. The van der Waals surface area contributed by atoms with Gasteiger partial charge in [0, 0.05) is 29.2 Å². The summed E-state index contributed by atoms with van der Waals surface area (Å²) in [7, 11) is 1.94. The van der Waals surface area contributed by atoms with Gasteiger partial charge in [0.05, 0.1) is 18.2 Å². The molecular weight excluding hydrogens is 480 g/mol. The Labute approximate surface area is 219 Å². The normalized spacial score (nSPS) is 13.9. The van der Waals surface area contributed by atoms with Gasteiger partial charge in [0.1, 0.15) is 10.8 Å². The Hall–Kier alpha value is -4.23. The summed E-state index contributed by atoms with van der Waals surface area (Å²) in [5.74, 6) is 0.229. The van der Waals surface area contributed by atoms with Crippen LogP contribution < -0.4 is 5.32 Å². The molecule has 0 bridgehead atoms. The van der Waals surface area contributed by atoms with E-state index in [0.717, 1.165) is 61.9 Å². The van der Waals surface area contributed by atoms with Gasteiger partial charge >= 0.3 is 5.97 Å². The molecule has 7 heteroatoms. The zero-order chi connectivity index (χ0) is 25.4. The van der Waals surface area contributed by atoms with Gasteiger partial charge in [-0.15, -0.1) is 11.3 Å². The number of hydrogen-bond acceptors (Lipinski definition) is 5. The lowest BCUT2D eigenvalue weighted by Crippen LogP contribution is -2.19. The number of nitrogens with zero attached hydrogens (tertiary/aromatic N) is 3. The van der Waals surface area contributed by atoms with Crippen molar-refractivity contribution in [3.05, 3.63) is 102 Å². The highest BCUT2D eigenvalue weighted by Gasteiger charge is 2.51. The highest BCUT2D eigenvalue weighted by Crippen LogP contribution is 2.48. The van der Waals surface area contributed by atoms with Crippen LogP contribution in [-0.4, -0.2) is 25.8 Å². The Morgan fingerprint density at radius 1 is 0.919 bits per heavy atom. The van der Waals surface area contributed by atoms with E-state index in [4.69, 9.17) is 0 Å². The SMILES string of the molecule is Cn1ncc(-c2ccc(-c3ccc(C4(C(=O)O)CC4)cc3)cc2)c1NCc1cnc(-c2ccccc2)s1. The summed E-state index contributed by atoms with van der Waals surface area (Å²) in [5, 5.41) is 18.6. The summed E-state index contributed by atoms with van der Waals surface area (Å²) in [4.78, 5) is 17.4. The van der Waals surface area contributed by atoms with Crippen molar-refractivity contribution in [3.8, 4) is 32.8 Å². The lowest BCUT2D eigenvalue weighted by atomic mass is 9.93. The molecule has 6 nitrogen and oxygen atoms in total. The number of carbonyl (C=O) groups is 1. The summed E-state index contributed by atoms with van der Waals surface area (Å²) in [6.45, 7) is 0.666. The van der Waals surface area contributed by atoms with E-state index in [1.807, 2.05) is 66.6 Å². The van der Waals surface area contributed by atoms with Crippen molar-refractivity contribution in [1.82, 2.24) is 14.8 Å².